The molecule has 3 rings (SSSR count). The predicted octanol–water partition coefficient (Wildman–Crippen LogP) is 5.10. The van der Waals surface area contributed by atoms with Crippen LogP contribution in [0.5, 0.6) is 5.75 Å². The zero-order chi connectivity index (χ0) is 13.9. The van der Waals surface area contributed by atoms with E-state index in [1.54, 1.807) is 11.3 Å². The maximum atomic E-state index is 6.04. The van der Waals surface area contributed by atoms with E-state index in [4.69, 9.17) is 4.74 Å². The number of nitrogens with one attached hydrogen (secondary N) is 1. The van der Waals surface area contributed by atoms with E-state index in [1.807, 2.05) is 6.07 Å². The Hall–Kier alpha value is -0.360. The molecule has 0 aliphatic heterocycles. The number of halogens is 2. The first-order chi connectivity index (χ1) is 9.74. The van der Waals surface area contributed by atoms with Gasteiger partial charge in [-0.25, -0.2) is 0 Å². The van der Waals surface area contributed by atoms with Crippen LogP contribution in [-0.2, 0) is 13.2 Å². The monoisotopic (exact) mass is 415 g/mol. The lowest BCUT2D eigenvalue weighted by Crippen LogP contribution is -2.16. The third-order valence-electron chi connectivity index (χ3n) is 3.25. The van der Waals surface area contributed by atoms with Gasteiger partial charge in [-0.3, -0.25) is 0 Å². The summed E-state index contributed by atoms with van der Waals surface area (Å²) in [5.74, 6) is 0.945. The van der Waals surface area contributed by atoms with Gasteiger partial charge in [-0.05, 0) is 62.2 Å². The van der Waals surface area contributed by atoms with Crippen LogP contribution in [0, 0.1) is 0 Å². The summed E-state index contributed by atoms with van der Waals surface area (Å²) in [6.45, 7) is 1.46. The summed E-state index contributed by atoms with van der Waals surface area (Å²) in [5, 5.41) is 5.61. The van der Waals surface area contributed by atoms with Crippen LogP contribution < -0.4 is 10.1 Å². The molecule has 1 aromatic carbocycles. The molecule has 0 atom stereocenters. The van der Waals surface area contributed by atoms with Gasteiger partial charge < -0.3 is 10.1 Å². The number of benzene rings is 1. The molecule has 1 fully saturated rings. The van der Waals surface area contributed by atoms with Crippen molar-refractivity contribution in [3.63, 3.8) is 0 Å². The summed E-state index contributed by atoms with van der Waals surface area (Å²) in [7, 11) is 0. The van der Waals surface area contributed by atoms with Gasteiger partial charge >= 0.3 is 0 Å². The van der Waals surface area contributed by atoms with Gasteiger partial charge in [0.2, 0.25) is 0 Å². The average Bonchev–Trinajstić information content (AvgIpc) is 3.18. The van der Waals surface area contributed by atoms with Crippen LogP contribution in [0.25, 0.3) is 0 Å². The number of hydrogen-bond donors (Lipinski definition) is 1. The molecular formula is C15H15Br2NOS. The molecule has 0 bridgehead atoms. The lowest BCUT2D eigenvalue weighted by Gasteiger charge is -2.13. The number of para-hydroxylation sites is 1. The lowest BCUT2D eigenvalue weighted by atomic mass is 10.2. The molecule has 1 saturated carbocycles. The van der Waals surface area contributed by atoms with E-state index >= 15 is 0 Å². The molecule has 0 radical (unpaired) electrons. The van der Waals surface area contributed by atoms with Crippen LogP contribution in [-0.4, -0.2) is 6.04 Å². The Morgan fingerprint density at radius 3 is 2.75 bits per heavy atom. The van der Waals surface area contributed by atoms with Gasteiger partial charge in [0.15, 0.2) is 0 Å². The Morgan fingerprint density at radius 1 is 1.20 bits per heavy atom. The van der Waals surface area contributed by atoms with E-state index < -0.39 is 0 Å². The Kier molecular flexibility index (Phi) is 4.81. The molecule has 0 amide bonds. The molecule has 5 heteroatoms. The van der Waals surface area contributed by atoms with Crippen molar-refractivity contribution in [1.82, 2.24) is 5.32 Å². The summed E-state index contributed by atoms with van der Waals surface area (Å²) in [4.78, 5) is 1.21. The molecule has 0 spiro atoms. The second kappa shape index (κ2) is 6.60. The van der Waals surface area contributed by atoms with Crippen LogP contribution in [0.4, 0.5) is 0 Å². The molecule has 20 heavy (non-hydrogen) atoms. The lowest BCUT2D eigenvalue weighted by molar-refractivity contribution is 0.303. The molecule has 2 nitrogen and oxygen atoms in total. The van der Waals surface area contributed by atoms with Crippen molar-refractivity contribution in [2.45, 2.75) is 32.0 Å². The Balaban J connectivity index is 1.71. The fraction of sp³-hybridized carbons (Fsp3) is 0.333. The largest absolute Gasteiger partial charge is 0.487 e. The Bertz CT molecular complexity index is 595. The normalized spacial score (nSPS) is 14.5. The average molecular weight is 417 g/mol. The van der Waals surface area contributed by atoms with Gasteiger partial charge in [0.1, 0.15) is 12.4 Å². The Labute approximate surface area is 139 Å². The first-order valence-electron chi connectivity index (χ1n) is 6.59. The first-order valence-corrected chi connectivity index (χ1v) is 9.06. The second-order valence-corrected chi connectivity index (χ2v) is 7.57. The van der Waals surface area contributed by atoms with E-state index in [0.717, 1.165) is 21.2 Å². The van der Waals surface area contributed by atoms with Gasteiger partial charge in [0, 0.05) is 22.6 Å². The van der Waals surface area contributed by atoms with Crippen molar-refractivity contribution < 1.29 is 4.74 Å². The van der Waals surface area contributed by atoms with Gasteiger partial charge in [0.05, 0.1) is 9.35 Å². The van der Waals surface area contributed by atoms with Crippen molar-refractivity contribution >= 4 is 43.2 Å². The number of thiophene rings is 1. The zero-order valence-electron chi connectivity index (χ0n) is 10.9. The summed E-state index contributed by atoms with van der Waals surface area (Å²) in [6.07, 6.45) is 2.60. The highest BCUT2D eigenvalue weighted by molar-refractivity contribution is 9.10. The first kappa shape index (κ1) is 14.6. The summed E-state index contributed by atoms with van der Waals surface area (Å²) < 4.78 is 8.17. The maximum Gasteiger partial charge on any atom is 0.138 e. The summed E-state index contributed by atoms with van der Waals surface area (Å²) >= 11 is 8.84. The maximum absolute atomic E-state index is 6.04. The van der Waals surface area contributed by atoms with Crippen molar-refractivity contribution in [2.75, 3.05) is 0 Å². The molecule has 2 aromatic rings. The van der Waals surface area contributed by atoms with E-state index in [1.165, 1.54) is 23.3 Å². The predicted molar refractivity (Wildman–Crippen MR) is 90.4 cm³/mol. The third kappa shape index (κ3) is 3.64. The topological polar surface area (TPSA) is 21.3 Å². The van der Waals surface area contributed by atoms with Crippen molar-refractivity contribution in [3.05, 3.63) is 49.0 Å². The fourth-order valence-corrected chi connectivity index (χ4v) is 3.86. The molecule has 1 aromatic heterocycles. The minimum Gasteiger partial charge on any atom is -0.487 e. The molecule has 1 aliphatic rings. The standard InChI is InChI=1S/C15H15Br2NOS/c16-12-6-7-20-14(12)9-19-15-10(2-1-3-13(15)17)8-18-11-4-5-11/h1-3,6-7,11,18H,4-5,8-9H2. The van der Waals surface area contributed by atoms with E-state index in [9.17, 15) is 0 Å². The van der Waals surface area contributed by atoms with Gasteiger partial charge in [-0.2, -0.15) is 0 Å². The molecule has 1 heterocycles. The van der Waals surface area contributed by atoms with Crippen molar-refractivity contribution in [1.29, 1.82) is 0 Å². The number of rotatable bonds is 6. The number of hydrogen-bond acceptors (Lipinski definition) is 3. The zero-order valence-corrected chi connectivity index (χ0v) is 14.9. The third-order valence-corrected chi connectivity index (χ3v) is 5.77. The van der Waals surface area contributed by atoms with E-state index in [2.05, 4.69) is 60.8 Å². The van der Waals surface area contributed by atoms with Crippen LogP contribution in [0.3, 0.4) is 0 Å². The van der Waals surface area contributed by atoms with E-state index in [-0.39, 0.29) is 0 Å². The minimum absolute atomic E-state index is 0.595. The quantitative estimate of drug-likeness (QED) is 0.706. The molecule has 0 unspecified atom stereocenters. The molecule has 1 N–H and O–H groups in total. The highest BCUT2D eigenvalue weighted by Crippen LogP contribution is 2.32. The van der Waals surface area contributed by atoms with Gasteiger partial charge in [0.25, 0.3) is 0 Å². The number of ether oxygens (including phenoxy) is 1. The highest BCUT2D eigenvalue weighted by atomic mass is 79.9. The van der Waals surface area contributed by atoms with E-state index in [0.29, 0.717) is 12.6 Å². The smallest absolute Gasteiger partial charge is 0.138 e. The van der Waals surface area contributed by atoms with Crippen LogP contribution in [0.2, 0.25) is 0 Å². The molecule has 106 valence electrons. The summed E-state index contributed by atoms with van der Waals surface area (Å²) in [5.41, 5.74) is 1.21. The van der Waals surface area contributed by atoms with Crippen LogP contribution in [0.15, 0.2) is 38.6 Å². The summed E-state index contributed by atoms with van der Waals surface area (Å²) in [6, 6.07) is 8.97. The van der Waals surface area contributed by atoms with Crippen LogP contribution >= 0.6 is 43.2 Å². The van der Waals surface area contributed by atoms with Crippen molar-refractivity contribution in [2.24, 2.45) is 0 Å². The van der Waals surface area contributed by atoms with Gasteiger partial charge in [-0.15, -0.1) is 11.3 Å². The van der Waals surface area contributed by atoms with Gasteiger partial charge in [-0.1, -0.05) is 12.1 Å². The fourth-order valence-electron chi connectivity index (χ4n) is 1.96. The minimum atomic E-state index is 0.595. The SMILES string of the molecule is Brc1ccsc1COc1c(Br)cccc1CNC1CC1. The van der Waals surface area contributed by atoms with Crippen LogP contribution in [0.1, 0.15) is 23.3 Å². The molecule has 0 saturated heterocycles. The molecular weight excluding hydrogens is 402 g/mol. The highest BCUT2D eigenvalue weighted by Gasteiger charge is 2.21. The second-order valence-electron chi connectivity index (χ2n) is 4.86. The molecule has 1 aliphatic carbocycles. The van der Waals surface area contributed by atoms with Crippen molar-refractivity contribution in [3.8, 4) is 5.75 Å². The Morgan fingerprint density at radius 2 is 2.05 bits per heavy atom.